The SMILES string of the molecule is Cc1ccc(N(c2ccc(C(C)(C)c3ccc(O)cc3)cc2)c2ccc(C)c(C)c2)cc1. The van der Waals surface area contributed by atoms with Crippen LogP contribution < -0.4 is 4.90 Å². The fourth-order valence-electron chi connectivity index (χ4n) is 4.08. The normalized spacial score (nSPS) is 11.4. The van der Waals surface area contributed by atoms with Gasteiger partial charge in [0, 0.05) is 22.5 Å². The lowest BCUT2D eigenvalue weighted by Crippen LogP contribution is -2.19. The predicted octanol–water partition coefficient (Wildman–Crippen LogP) is 8.11. The van der Waals surface area contributed by atoms with E-state index in [2.05, 4.69) is 106 Å². The largest absolute Gasteiger partial charge is 0.508 e. The van der Waals surface area contributed by atoms with Gasteiger partial charge in [0.15, 0.2) is 0 Å². The monoisotopic (exact) mass is 421 g/mol. The van der Waals surface area contributed by atoms with E-state index in [-0.39, 0.29) is 5.41 Å². The number of nitrogens with zero attached hydrogens (tertiary/aromatic N) is 1. The van der Waals surface area contributed by atoms with Crippen molar-refractivity contribution in [2.45, 2.75) is 40.0 Å². The predicted molar refractivity (Wildman–Crippen MR) is 136 cm³/mol. The van der Waals surface area contributed by atoms with E-state index in [1.807, 2.05) is 12.1 Å². The first-order valence-electron chi connectivity index (χ1n) is 11.1. The molecule has 32 heavy (non-hydrogen) atoms. The van der Waals surface area contributed by atoms with Gasteiger partial charge in [-0.25, -0.2) is 0 Å². The maximum absolute atomic E-state index is 9.66. The van der Waals surface area contributed by atoms with Crippen molar-refractivity contribution in [1.82, 2.24) is 0 Å². The molecule has 2 heteroatoms. The third kappa shape index (κ3) is 4.27. The molecule has 0 bridgehead atoms. The van der Waals surface area contributed by atoms with E-state index in [0.29, 0.717) is 5.75 Å². The summed E-state index contributed by atoms with van der Waals surface area (Å²) >= 11 is 0. The molecule has 0 radical (unpaired) electrons. The first-order valence-corrected chi connectivity index (χ1v) is 11.1. The molecule has 0 aliphatic carbocycles. The van der Waals surface area contributed by atoms with Crippen molar-refractivity contribution in [3.8, 4) is 5.75 Å². The van der Waals surface area contributed by atoms with Gasteiger partial charge >= 0.3 is 0 Å². The molecule has 0 saturated heterocycles. The molecule has 4 rings (SSSR count). The lowest BCUT2D eigenvalue weighted by atomic mass is 9.78. The Morgan fingerprint density at radius 1 is 0.562 bits per heavy atom. The highest BCUT2D eigenvalue weighted by Gasteiger charge is 2.23. The van der Waals surface area contributed by atoms with Gasteiger partial charge in [0.1, 0.15) is 5.75 Å². The molecule has 0 unspecified atom stereocenters. The van der Waals surface area contributed by atoms with Gasteiger partial charge in [-0.05, 0) is 91.6 Å². The molecule has 0 saturated carbocycles. The lowest BCUT2D eigenvalue weighted by molar-refractivity contribution is 0.474. The molecule has 1 N–H and O–H groups in total. The average molecular weight is 422 g/mol. The molecule has 4 aromatic carbocycles. The van der Waals surface area contributed by atoms with Gasteiger partial charge in [-0.1, -0.05) is 61.9 Å². The molecule has 0 aromatic heterocycles. The molecule has 0 amide bonds. The van der Waals surface area contributed by atoms with Crippen LogP contribution in [0.3, 0.4) is 0 Å². The quantitative estimate of drug-likeness (QED) is 0.352. The van der Waals surface area contributed by atoms with E-state index < -0.39 is 0 Å². The van der Waals surface area contributed by atoms with Crippen molar-refractivity contribution in [1.29, 1.82) is 0 Å². The molecule has 0 aliphatic heterocycles. The molecule has 4 aromatic rings. The Labute approximate surface area is 191 Å². The van der Waals surface area contributed by atoms with Gasteiger partial charge in [0.25, 0.3) is 0 Å². The van der Waals surface area contributed by atoms with E-state index in [9.17, 15) is 5.11 Å². The zero-order valence-electron chi connectivity index (χ0n) is 19.6. The van der Waals surface area contributed by atoms with E-state index in [4.69, 9.17) is 0 Å². The first kappa shape index (κ1) is 21.7. The second kappa shape index (κ2) is 8.55. The highest BCUT2D eigenvalue weighted by atomic mass is 16.3. The molecule has 0 fully saturated rings. The van der Waals surface area contributed by atoms with Crippen LogP contribution in [0.5, 0.6) is 5.75 Å². The van der Waals surface area contributed by atoms with Gasteiger partial charge in [0.2, 0.25) is 0 Å². The van der Waals surface area contributed by atoms with E-state index in [1.54, 1.807) is 12.1 Å². The van der Waals surface area contributed by atoms with Gasteiger partial charge in [-0.15, -0.1) is 0 Å². The van der Waals surface area contributed by atoms with Crippen molar-refractivity contribution >= 4 is 17.1 Å². The number of benzene rings is 4. The summed E-state index contributed by atoms with van der Waals surface area (Å²) in [4.78, 5) is 2.31. The zero-order chi connectivity index (χ0) is 22.9. The summed E-state index contributed by atoms with van der Waals surface area (Å²) in [5, 5.41) is 9.66. The topological polar surface area (TPSA) is 23.5 Å². The van der Waals surface area contributed by atoms with Crippen molar-refractivity contribution in [2.24, 2.45) is 0 Å². The summed E-state index contributed by atoms with van der Waals surface area (Å²) < 4.78 is 0. The minimum Gasteiger partial charge on any atom is -0.508 e. The average Bonchev–Trinajstić information content (AvgIpc) is 2.78. The van der Waals surface area contributed by atoms with Gasteiger partial charge in [-0.2, -0.15) is 0 Å². The maximum atomic E-state index is 9.66. The zero-order valence-corrected chi connectivity index (χ0v) is 19.6. The summed E-state index contributed by atoms with van der Waals surface area (Å²) in [6.45, 7) is 10.9. The maximum Gasteiger partial charge on any atom is 0.115 e. The van der Waals surface area contributed by atoms with Crippen LogP contribution in [-0.4, -0.2) is 5.11 Å². The molecule has 0 heterocycles. The standard InChI is InChI=1S/C30H31NO/c1-21-6-13-26(14-7-21)31(28-15-8-22(2)23(3)20-28)27-16-9-24(10-17-27)30(4,5)25-11-18-29(32)19-12-25/h6-20,32H,1-5H3. The van der Waals surface area contributed by atoms with Gasteiger partial charge in [-0.3, -0.25) is 0 Å². The lowest BCUT2D eigenvalue weighted by Gasteiger charge is -2.29. The molecule has 0 spiro atoms. The first-order chi connectivity index (χ1) is 15.3. The van der Waals surface area contributed by atoms with Crippen LogP contribution in [0.1, 0.15) is 41.7 Å². The number of phenols is 1. The van der Waals surface area contributed by atoms with E-state index in [1.165, 1.54) is 27.8 Å². The number of rotatable bonds is 5. The smallest absolute Gasteiger partial charge is 0.115 e. The third-order valence-electron chi connectivity index (χ3n) is 6.48. The van der Waals surface area contributed by atoms with Crippen LogP contribution in [0.2, 0.25) is 0 Å². The molecule has 2 nitrogen and oxygen atoms in total. The fraction of sp³-hybridized carbons (Fsp3) is 0.200. The second-order valence-electron chi connectivity index (χ2n) is 9.16. The molecule has 0 atom stereocenters. The summed E-state index contributed by atoms with van der Waals surface area (Å²) in [5.74, 6) is 0.294. The Morgan fingerprint density at radius 2 is 1.03 bits per heavy atom. The van der Waals surface area contributed by atoms with Crippen molar-refractivity contribution in [3.63, 3.8) is 0 Å². The number of hydrogen-bond donors (Lipinski definition) is 1. The Hall–Kier alpha value is -3.52. The Balaban J connectivity index is 1.75. The van der Waals surface area contributed by atoms with Crippen LogP contribution in [0, 0.1) is 20.8 Å². The fourth-order valence-corrected chi connectivity index (χ4v) is 4.08. The highest BCUT2D eigenvalue weighted by molar-refractivity contribution is 5.77. The Morgan fingerprint density at radius 3 is 1.56 bits per heavy atom. The van der Waals surface area contributed by atoms with E-state index in [0.717, 1.165) is 17.1 Å². The van der Waals surface area contributed by atoms with Crippen LogP contribution in [0.4, 0.5) is 17.1 Å². The van der Waals surface area contributed by atoms with Crippen LogP contribution in [0.15, 0.2) is 91.0 Å². The number of anilines is 3. The third-order valence-corrected chi connectivity index (χ3v) is 6.48. The number of hydrogen-bond acceptors (Lipinski definition) is 2. The van der Waals surface area contributed by atoms with Crippen molar-refractivity contribution in [3.05, 3.63) is 119 Å². The molecule has 162 valence electrons. The minimum atomic E-state index is -0.165. The number of aryl methyl sites for hydroxylation is 3. The Kier molecular flexibility index (Phi) is 5.80. The van der Waals surface area contributed by atoms with Crippen LogP contribution in [0.25, 0.3) is 0 Å². The molecular formula is C30H31NO. The van der Waals surface area contributed by atoms with Crippen LogP contribution >= 0.6 is 0 Å². The number of aromatic hydroxyl groups is 1. The molecular weight excluding hydrogens is 390 g/mol. The van der Waals surface area contributed by atoms with Crippen molar-refractivity contribution in [2.75, 3.05) is 4.90 Å². The Bertz CT molecular complexity index is 1200. The summed E-state index contributed by atoms with van der Waals surface area (Å²) in [5.41, 5.74) is 9.49. The van der Waals surface area contributed by atoms with Gasteiger partial charge < -0.3 is 10.0 Å². The molecule has 0 aliphatic rings. The number of phenolic OH excluding ortho intramolecular Hbond substituents is 1. The summed E-state index contributed by atoms with van der Waals surface area (Å²) in [6, 6.07) is 31.6. The minimum absolute atomic E-state index is 0.165. The van der Waals surface area contributed by atoms with Crippen LogP contribution in [-0.2, 0) is 5.41 Å². The van der Waals surface area contributed by atoms with Gasteiger partial charge in [0.05, 0.1) is 0 Å². The second-order valence-corrected chi connectivity index (χ2v) is 9.16. The highest BCUT2D eigenvalue weighted by Crippen LogP contribution is 2.38. The van der Waals surface area contributed by atoms with Crippen molar-refractivity contribution < 1.29 is 5.11 Å². The summed E-state index contributed by atoms with van der Waals surface area (Å²) in [6.07, 6.45) is 0. The summed E-state index contributed by atoms with van der Waals surface area (Å²) in [7, 11) is 0. The van der Waals surface area contributed by atoms with E-state index >= 15 is 0 Å².